The molecule has 0 saturated heterocycles. The molecule has 0 atom stereocenters. The minimum atomic E-state index is 0.684. The maximum atomic E-state index is 5.66. The number of rotatable bonds is 6. The average Bonchev–Trinajstić information content (AvgIpc) is 4.40. The van der Waals surface area contributed by atoms with Gasteiger partial charge in [-0.2, -0.15) is 0 Å². The molecule has 80 heavy (non-hydrogen) atoms. The lowest BCUT2D eigenvalue weighted by atomic mass is 9.99. The van der Waals surface area contributed by atoms with Gasteiger partial charge in [0, 0.05) is 88.1 Å². The average molecular weight is 1020 g/mol. The highest BCUT2D eigenvalue weighted by Gasteiger charge is 2.29. The van der Waals surface area contributed by atoms with Crippen molar-refractivity contribution in [2.24, 2.45) is 0 Å². The van der Waals surface area contributed by atoms with Crippen LogP contribution in [0.2, 0.25) is 0 Å². The van der Waals surface area contributed by atoms with E-state index in [-0.39, 0.29) is 0 Å². The third-order valence-electron chi connectivity index (χ3n) is 17.1. The molecule has 0 spiro atoms. The summed E-state index contributed by atoms with van der Waals surface area (Å²) in [5.41, 5.74) is 20.9. The molecule has 0 fully saturated rings. The molecule has 370 valence electrons. The standard InChI is InChI=1S/C74H44N6/c1-8-29-63-52(20-1)53-21-2-9-30-64(53)78(63)50-38-40-58-56-24-5-7-28-62(56)77(68(58)43-50)48-36-34-46(35-37-48)74-75-72(71-60-26-14-16-45-17-15-27-61(70(45)60)73(71)76-74)47-18-13-19-49(42-47)80-67-33-12-6-25-57(67)59-41-39-51(44-69(59)80)79-65-31-10-3-22-54(65)55-23-4-11-32-66(55)79/h1-44H. The first-order valence-corrected chi connectivity index (χ1v) is 27.4. The van der Waals surface area contributed by atoms with Crippen LogP contribution >= 0.6 is 0 Å². The number of nitrogens with zero attached hydrogens (tertiary/aromatic N) is 6. The molecule has 12 aromatic carbocycles. The van der Waals surface area contributed by atoms with Gasteiger partial charge in [-0.3, -0.25) is 0 Å². The van der Waals surface area contributed by atoms with Crippen LogP contribution in [-0.4, -0.2) is 28.2 Å². The predicted molar refractivity (Wildman–Crippen MR) is 332 cm³/mol. The van der Waals surface area contributed by atoms with Gasteiger partial charge in [0.15, 0.2) is 5.82 Å². The summed E-state index contributed by atoms with van der Waals surface area (Å²) in [6, 6.07) is 97.3. The van der Waals surface area contributed by atoms with Crippen molar-refractivity contribution < 1.29 is 0 Å². The number of aromatic nitrogens is 6. The Bertz CT molecular complexity index is 5380. The first-order valence-electron chi connectivity index (χ1n) is 27.4. The Kier molecular flexibility index (Phi) is 8.85. The van der Waals surface area contributed by atoms with Gasteiger partial charge in [-0.05, 0) is 113 Å². The lowest BCUT2D eigenvalue weighted by molar-refractivity contribution is 1.15. The molecule has 6 heteroatoms. The Morgan fingerprint density at radius 2 is 0.613 bits per heavy atom. The van der Waals surface area contributed by atoms with Gasteiger partial charge in [-0.15, -0.1) is 0 Å². The molecule has 0 unspecified atom stereocenters. The number of benzene rings is 12. The topological polar surface area (TPSA) is 45.5 Å². The highest BCUT2D eigenvalue weighted by molar-refractivity contribution is 6.18. The Morgan fingerprint density at radius 1 is 0.237 bits per heavy atom. The zero-order valence-corrected chi connectivity index (χ0v) is 43.1. The smallest absolute Gasteiger partial charge is 0.160 e. The fourth-order valence-corrected chi connectivity index (χ4v) is 13.7. The van der Waals surface area contributed by atoms with Crippen LogP contribution in [-0.2, 0) is 0 Å². The maximum absolute atomic E-state index is 5.66. The van der Waals surface area contributed by atoms with Crippen molar-refractivity contribution in [3.05, 3.63) is 267 Å². The molecule has 1 aliphatic rings. The van der Waals surface area contributed by atoms with Gasteiger partial charge in [0.1, 0.15) is 0 Å². The van der Waals surface area contributed by atoms with E-state index in [0.29, 0.717) is 5.82 Å². The van der Waals surface area contributed by atoms with Crippen LogP contribution in [0.4, 0.5) is 0 Å². The quantitative estimate of drug-likeness (QED) is 0.167. The van der Waals surface area contributed by atoms with Gasteiger partial charge >= 0.3 is 0 Å². The Balaban J connectivity index is 0.805. The summed E-state index contributed by atoms with van der Waals surface area (Å²) < 4.78 is 9.65. The lowest BCUT2D eigenvalue weighted by Crippen LogP contribution is -2.00. The monoisotopic (exact) mass is 1020 g/mol. The van der Waals surface area contributed by atoms with E-state index in [1.165, 1.54) is 75.9 Å². The molecule has 18 rings (SSSR count). The SMILES string of the molecule is c1cc(-c2nc(-c3ccc(-n4c5ccccc5c5ccc(-n6c7ccccc7c7ccccc76)cc54)cc3)nc3c2-c2cccc4cccc-3c24)cc(-n2c3ccccc3c3ccc(-n4c5ccccc5c5ccccc54)cc32)c1. The largest absolute Gasteiger partial charge is 0.309 e. The van der Waals surface area contributed by atoms with Crippen LogP contribution in [0, 0.1) is 0 Å². The maximum Gasteiger partial charge on any atom is 0.160 e. The summed E-state index contributed by atoms with van der Waals surface area (Å²) in [6.45, 7) is 0. The third kappa shape index (κ3) is 6.01. The minimum absolute atomic E-state index is 0.684. The zero-order valence-electron chi connectivity index (χ0n) is 43.1. The molecule has 0 radical (unpaired) electrons. The summed E-state index contributed by atoms with van der Waals surface area (Å²) >= 11 is 0. The van der Waals surface area contributed by atoms with E-state index in [1.807, 2.05) is 0 Å². The molecule has 0 amide bonds. The van der Waals surface area contributed by atoms with Crippen molar-refractivity contribution in [2.45, 2.75) is 0 Å². The number of para-hydroxylation sites is 6. The molecule has 17 aromatic rings. The molecular weight excluding hydrogens is 973 g/mol. The van der Waals surface area contributed by atoms with Gasteiger partial charge in [0.05, 0.1) is 55.5 Å². The van der Waals surface area contributed by atoms with Crippen molar-refractivity contribution in [1.82, 2.24) is 28.2 Å². The Morgan fingerprint density at radius 3 is 1.10 bits per heavy atom. The molecule has 5 aromatic heterocycles. The van der Waals surface area contributed by atoms with Gasteiger partial charge in [0.2, 0.25) is 0 Å². The fraction of sp³-hybridized carbons (Fsp3) is 0. The van der Waals surface area contributed by atoms with E-state index in [4.69, 9.17) is 9.97 Å². The minimum Gasteiger partial charge on any atom is -0.309 e. The molecule has 0 saturated carbocycles. The fourth-order valence-electron chi connectivity index (χ4n) is 13.7. The summed E-state index contributed by atoms with van der Waals surface area (Å²) in [6.07, 6.45) is 0. The Hall–Kier alpha value is -10.8. The molecule has 6 nitrogen and oxygen atoms in total. The van der Waals surface area contributed by atoms with Gasteiger partial charge in [-0.1, -0.05) is 170 Å². The first-order chi connectivity index (χ1) is 39.7. The normalized spacial score (nSPS) is 12.2. The van der Waals surface area contributed by atoms with Crippen molar-refractivity contribution in [2.75, 3.05) is 0 Å². The van der Waals surface area contributed by atoms with E-state index < -0.39 is 0 Å². The van der Waals surface area contributed by atoms with Gasteiger partial charge < -0.3 is 18.3 Å². The van der Waals surface area contributed by atoms with E-state index in [2.05, 4.69) is 285 Å². The molecule has 0 aliphatic heterocycles. The summed E-state index contributed by atoms with van der Waals surface area (Å²) in [4.78, 5) is 11.2. The summed E-state index contributed by atoms with van der Waals surface area (Å²) in [5.74, 6) is 0.684. The molecule has 0 bridgehead atoms. The molecule has 0 N–H and O–H groups in total. The second kappa shape index (κ2) is 16.4. The Labute approximate surface area is 458 Å². The van der Waals surface area contributed by atoms with E-state index in [1.54, 1.807) is 0 Å². The number of hydrogen-bond donors (Lipinski definition) is 0. The second-order valence-electron chi connectivity index (χ2n) is 21.3. The highest BCUT2D eigenvalue weighted by Crippen LogP contribution is 2.51. The van der Waals surface area contributed by atoms with Gasteiger partial charge in [-0.25, -0.2) is 9.97 Å². The summed E-state index contributed by atoms with van der Waals surface area (Å²) in [5, 5.41) is 12.2. The van der Waals surface area contributed by atoms with Crippen LogP contribution in [0.25, 0.3) is 166 Å². The first kappa shape index (κ1) is 43.3. The summed E-state index contributed by atoms with van der Waals surface area (Å²) in [7, 11) is 0. The van der Waals surface area contributed by atoms with Crippen LogP contribution in [0.1, 0.15) is 0 Å². The molecular formula is C74H44N6. The van der Waals surface area contributed by atoms with Crippen LogP contribution < -0.4 is 0 Å². The van der Waals surface area contributed by atoms with Crippen LogP contribution in [0.5, 0.6) is 0 Å². The number of hydrogen-bond acceptors (Lipinski definition) is 2. The highest BCUT2D eigenvalue weighted by atomic mass is 15.0. The molecule has 5 heterocycles. The number of fused-ring (bicyclic) bond motifs is 15. The van der Waals surface area contributed by atoms with Gasteiger partial charge in [0.25, 0.3) is 0 Å². The van der Waals surface area contributed by atoms with Crippen molar-refractivity contribution in [3.8, 4) is 67.8 Å². The van der Waals surface area contributed by atoms with E-state index >= 15 is 0 Å². The van der Waals surface area contributed by atoms with Crippen molar-refractivity contribution >= 4 is 98.0 Å². The van der Waals surface area contributed by atoms with E-state index in [0.717, 1.165) is 84.0 Å². The third-order valence-corrected chi connectivity index (χ3v) is 17.1. The predicted octanol–water partition coefficient (Wildman–Crippen LogP) is 19.0. The second-order valence-corrected chi connectivity index (χ2v) is 21.3. The van der Waals surface area contributed by atoms with Crippen molar-refractivity contribution in [3.63, 3.8) is 0 Å². The van der Waals surface area contributed by atoms with Crippen LogP contribution in [0.15, 0.2) is 267 Å². The lowest BCUT2D eigenvalue weighted by Gasteiger charge is -2.15. The van der Waals surface area contributed by atoms with Crippen molar-refractivity contribution in [1.29, 1.82) is 0 Å². The van der Waals surface area contributed by atoms with E-state index in [9.17, 15) is 0 Å². The molecule has 1 aliphatic carbocycles. The zero-order chi connectivity index (χ0) is 52.2. The van der Waals surface area contributed by atoms with Crippen LogP contribution in [0.3, 0.4) is 0 Å².